The van der Waals surface area contributed by atoms with Gasteiger partial charge in [-0.25, -0.2) is 13.1 Å². The van der Waals surface area contributed by atoms with Crippen LogP contribution in [0, 0.1) is 0 Å². The molecule has 1 aliphatic heterocycles. The lowest BCUT2D eigenvalue weighted by atomic mass is 10.1. The summed E-state index contributed by atoms with van der Waals surface area (Å²) in [4.78, 5) is 0. The summed E-state index contributed by atoms with van der Waals surface area (Å²) < 4.78 is 27.8. The van der Waals surface area contributed by atoms with Gasteiger partial charge in [-0.2, -0.15) is 0 Å². The third-order valence-electron chi connectivity index (χ3n) is 2.43. The summed E-state index contributed by atoms with van der Waals surface area (Å²) in [7, 11) is -3.34. The van der Waals surface area contributed by atoms with Crippen molar-refractivity contribution < 1.29 is 8.42 Å². The molecule has 0 bridgehead atoms. The number of nitrogens with one attached hydrogen (secondary N) is 2. The highest BCUT2D eigenvalue weighted by Crippen LogP contribution is 2.26. The number of piperidine rings is 1. The van der Waals surface area contributed by atoms with Gasteiger partial charge in [-0.15, -0.1) is 23.7 Å². The van der Waals surface area contributed by atoms with E-state index < -0.39 is 10.0 Å². The minimum atomic E-state index is -3.34. The van der Waals surface area contributed by atoms with Crippen LogP contribution in [0.5, 0.6) is 0 Å². The van der Waals surface area contributed by atoms with Crippen LogP contribution in [-0.2, 0) is 10.0 Å². The van der Waals surface area contributed by atoms with Crippen LogP contribution in [0.25, 0.3) is 0 Å². The number of hydrogen-bond donors (Lipinski definition) is 2. The van der Waals surface area contributed by atoms with Gasteiger partial charge in [-0.1, -0.05) is 0 Å². The van der Waals surface area contributed by atoms with E-state index in [2.05, 4.69) is 26.0 Å². The zero-order chi connectivity index (χ0) is 11.6. The molecule has 2 N–H and O–H groups in total. The van der Waals surface area contributed by atoms with Crippen LogP contribution in [0.1, 0.15) is 12.8 Å². The molecule has 8 heteroatoms. The molecule has 0 saturated carbocycles. The Morgan fingerprint density at radius 2 is 2.24 bits per heavy atom. The summed E-state index contributed by atoms with van der Waals surface area (Å²) in [5.41, 5.74) is 0. The molecule has 0 radical (unpaired) electrons. The van der Waals surface area contributed by atoms with Gasteiger partial charge >= 0.3 is 0 Å². The van der Waals surface area contributed by atoms with Crippen molar-refractivity contribution in [1.29, 1.82) is 0 Å². The molecule has 1 aromatic heterocycles. The van der Waals surface area contributed by atoms with Crippen molar-refractivity contribution in [3.05, 3.63) is 15.9 Å². The van der Waals surface area contributed by atoms with Crippen molar-refractivity contribution in [1.82, 2.24) is 10.0 Å². The Morgan fingerprint density at radius 3 is 2.76 bits per heavy atom. The second-order valence-electron chi connectivity index (χ2n) is 3.72. The van der Waals surface area contributed by atoms with Crippen LogP contribution in [0.15, 0.2) is 20.1 Å². The second-order valence-corrected chi connectivity index (χ2v) is 8.13. The molecule has 1 atom stereocenters. The van der Waals surface area contributed by atoms with Crippen molar-refractivity contribution in [2.24, 2.45) is 0 Å². The quantitative estimate of drug-likeness (QED) is 0.865. The number of thiophene rings is 1. The summed E-state index contributed by atoms with van der Waals surface area (Å²) >= 11 is 4.49. The lowest BCUT2D eigenvalue weighted by Gasteiger charge is -2.23. The number of halogens is 2. The molecule has 4 nitrogen and oxygen atoms in total. The average molecular weight is 362 g/mol. The van der Waals surface area contributed by atoms with Crippen LogP contribution >= 0.6 is 39.7 Å². The molecule has 2 rings (SSSR count). The molecule has 0 aliphatic carbocycles. The predicted octanol–water partition coefficient (Wildman–Crippen LogP) is 1.96. The lowest BCUT2D eigenvalue weighted by molar-refractivity contribution is 0.429. The maximum Gasteiger partial charge on any atom is 0.250 e. The van der Waals surface area contributed by atoms with E-state index in [-0.39, 0.29) is 18.4 Å². The normalized spacial score (nSPS) is 20.9. The third-order valence-corrected chi connectivity index (χ3v) is 6.07. The average Bonchev–Trinajstić information content (AvgIpc) is 2.66. The van der Waals surface area contributed by atoms with Crippen molar-refractivity contribution in [2.45, 2.75) is 23.1 Å². The van der Waals surface area contributed by atoms with Crippen LogP contribution in [-0.4, -0.2) is 27.5 Å². The Kier molecular flexibility index (Phi) is 5.88. The van der Waals surface area contributed by atoms with Crippen molar-refractivity contribution in [3.63, 3.8) is 0 Å². The van der Waals surface area contributed by atoms with E-state index in [1.807, 2.05) is 0 Å². The molecule has 1 saturated heterocycles. The first-order valence-electron chi connectivity index (χ1n) is 5.06. The monoisotopic (exact) mass is 360 g/mol. The molecule has 0 spiro atoms. The Hall–Kier alpha value is 0.340. The molecule has 17 heavy (non-hydrogen) atoms. The van der Waals surface area contributed by atoms with E-state index in [9.17, 15) is 8.42 Å². The molecule has 1 fully saturated rings. The Balaban J connectivity index is 0.00000144. The van der Waals surface area contributed by atoms with Gasteiger partial charge in [0.2, 0.25) is 10.0 Å². The summed E-state index contributed by atoms with van der Waals surface area (Å²) in [5, 5.41) is 3.18. The fraction of sp³-hybridized carbons (Fsp3) is 0.556. The van der Waals surface area contributed by atoms with Gasteiger partial charge in [0.25, 0.3) is 0 Å². The van der Waals surface area contributed by atoms with Crippen molar-refractivity contribution in [2.75, 3.05) is 13.1 Å². The van der Waals surface area contributed by atoms with Gasteiger partial charge in [0.05, 0.1) is 3.79 Å². The second kappa shape index (κ2) is 6.49. The molecular formula is C9H14BrClN2O2S2. The fourth-order valence-electron chi connectivity index (χ4n) is 1.67. The van der Waals surface area contributed by atoms with Crippen LogP contribution in [0.3, 0.4) is 0 Å². The van der Waals surface area contributed by atoms with Gasteiger partial charge in [0, 0.05) is 12.6 Å². The highest BCUT2D eigenvalue weighted by atomic mass is 79.9. The van der Waals surface area contributed by atoms with Crippen molar-refractivity contribution in [3.8, 4) is 0 Å². The molecule has 1 aliphatic rings. The minimum absolute atomic E-state index is 0. The first-order valence-corrected chi connectivity index (χ1v) is 8.15. The van der Waals surface area contributed by atoms with Gasteiger partial charge in [-0.3, -0.25) is 0 Å². The van der Waals surface area contributed by atoms with Gasteiger partial charge < -0.3 is 5.32 Å². The molecule has 1 unspecified atom stereocenters. The zero-order valence-corrected chi connectivity index (χ0v) is 13.0. The standard InChI is InChI=1S/C9H13BrN2O2S2.ClH/c10-8-3-4-9(15-8)16(13,14)12-7-2-1-5-11-6-7;/h3-4,7,11-12H,1-2,5-6H2;1H. The van der Waals surface area contributed by atoms with E-state index in [0.717, 1.165) is 23.2 Å². The highest BCUT2D eigenvalue weighted by molar-refractivity contribution is 9.11. The Bertz CT molecular complexity index is 457. The van der Waals surface area contributed by atoms with Crippen LogP contribution in [0.2, 0.25) is 0 Å². The van der Waals surface area contributed by atoms with E-state index >= 15 is 0 Å². The maximum absolute atomic E-state index is 12.0. The van der Waals surface area contributed by atoms with Gasteiger partial charge in [0.1, 0.15) is 4.21 Å². The number of rotatable bonds is 3. The zero-order valence-electron chi connectivity index (χ0n) is 8.98. The van der Waals surface area contributed by atoms with Gasteiger partial charge in [0.15, 0.2) is 0 Å². The first-order chi connectivity index (χ1) is 7.58. The van der Waals surface area contributed by atoms with Gasteiger partial charge in [-0.05, 0) is 47.4 Å². The molecule has 0 aromatic carbocycles. The smallest absolute Gasteiger partial charge is 0.250 e. The first kappa shape index (κ1) is 15.4. The topological polar surface area (TPSA) is 58.2 Å². The third kappa shape index (κ3) is 4.18. The van der Waals surface area contributed by atoms with E-state index in [0.29, 0.717) is 10.8 Å². The van der Waals surface area contributed by atoms with Crippen molar-refractivity contribution >= 4 is 49.7 Å². The minimum Gasteiger partial charge on any atom is -0.315 e. The Labute approximate surface area is 120 Å². The molecule has 0 amide bonds. The highest BCUT2D eigenvalue weighted by Gasteiger charge is 2.22. The fourth-order valence-corrected chi connectivity index (χ4v) is 4.97. The summed E-state index contributed by atoms with van der Waals surface area (Å²) in [6.45, 7) is 1.69. The number of sulfonamides is 1. The molecule has 98 valence electrons. The van der Waals surface area contributed by atoms with E-state index in [1.54, 1.807) is 12.1 Å². The van der Waals surface area contributed by atoms with E-state index in [4.69, 9.17) is 0 Å². The summed E-state index contributed by atoms with van der Waals surface area (Å²) in [6.07, 6.45) is 1.92. The predicted molar refractivity (Wildman–Crippen MR) is 75.5 cm³/mol. The van der Waals surface area contributed by atoms with Crippen LogP contribution in [0.4, 0.5) is 0 Å². The van der Waals surface area contributed by atoms with E-state index in [1.165, 1.54) is 11.3 Å². The lowest BCUT2D eigenvalue weighted by Crippen LogP contribution is -2.45. The molecule has 2 heterocycles. The molecular weight excluding hydrogens is 348 g/mol. The summed E-state index contributed by atoms with van der Waals surface area (Å²) in [5.74, 6) is 0. The number of hydrogen-bond acceptors (Lipinski definition) is 4. The largest absolute Gasteiger partial charge is 0.315 e. The Morgan fingerprint density at radius 1 is 1.47 bits per heavy atom. The summed E-state index contributed by atoms with van der Waals surface area (Å²) in [6, 6.07) is 3.38. The maximum atomic E-state index is 12.0. The SMILES string of the molecule is Cl.O=S(=O)(NC1CCCNC1)c1ccc(Br)s1. The molecule has 1 aromatic rings. The van der Waals surface area contributed by atoms with Crippen LogP contribution < -0.4 is 10.0 Å².